The minimum atomic E-state index is -0.463. The van der Waals surface area contributed by atoms with Gasteiger partial charge < -0.3 is 14.5 Å². The molecule has 4 rings (SSSR count). The Kier molecular flexibility index (Phi) is 7.52. The molecule has 2 aromatic heterocycles. The highest BCUT2D eigenvalue weighted by Gasteiger charge is 2.20. The van der Waals surface area contributed by atoms with E-state index in [4.69, 9.17) is 9.47 Å². The minimum absolute atomic E-state index is 0.162. The van der Waals surface area contributed by atoms with Crippen molar-refractivity contribution < 1.29 is 14.3 Å². The number of hydrogen-bond donors (Lipinski definition) is 1. The molecule has 0 fully saturated rings. The van der Waals surface area contributed by atoms with E-state index in [9.17, 15) is 9.59 Å². The number of carbonyl (C=O) groups is 1. The molecule has 2 heterocycles. The molecule has 8 heteroatoms. The second-order valence-corrected chi connectivity index (χ2v) is 9.11. The summed E-state index contributed by atoms with van der Waals surface area (Å²) in [7, 11) is 3.52. The fourth-order valence-electron chi connectivity index (χ4n) is 3.80. The summed E-state index contributed by atoms with van der Waals surface area (Å²) < 4.78 is 10.1. The van der Waals surface area contributed by atoms with Crippen molar-refractivity contribution in [1.82, 2.24) is 14.9 Å². The van der Waals surface area contributed by atoms with E-state index in [0.29, 0.717) is 46.2 Å². The smallest absolute Gasteiger partial charge is 0.348 e. The second kappa shape index (κ2) is 10.7. The van der Waals surface area contributed by atoms with Crippen molar-refractivity contribution in [3.05, 3.63) is 86.8 Å². The van der Waals surface area contributed by atoms with Crippen LogP contribution in [-0.4, -0.2) is 48.2 Å². The summed E-state index contributed by atoms with van der Waals surface area (Å²) in [5.41, 5.74) is 3.87. The van der Waals surface area contributed by atoms with Gasteiger partial charge in [-0.3, -0.25) is 9.69 Å². The number of methoxy groups -OCH3 is 1. The molecule has 7 nitrogen and oxygen atoms in total. The van der Waals surface area contributed by atoms with E-state index in [-0.39, 0.29) is 12.2 Å². The number of benzene rings is 2. The van der Waals surface area contributed by atoms with Crippen LogP contribution in [0.15, 0.2) is 59.4 Å². The van der Waals surface area contributed by atoms with Gasteiger partial charge in [0, 0.05) is 13.7 Å². The number of nitrogens with one attached hydrogen (secondary N) is 1. The molecule has 0 aliphatic carbocycles. The molecule has 34 heavy (non-hydrogen) atoms. The number of nitrogens with zero attached hydrogens (tertiary/aromatic N) is 2. The Balaban J connectivity index is 1.46. The van der Waals surface area contributed by atoms with Crippen molar-refractivity contribution >= 4 is 27.5 Å². The zero-order valence-electron chi connectivity index (χ0n) is 19.5. The predicted molar refractivity (Wildman–Crippen MR) is 134 cm³/mol. The van der Waals surface area contributed by atoms with Gasteiger partial charge in [0.15, 0.2) is 0 Å². The van der Waals surface area contributed by atoms with Crippen molar-refractivity contribution in [3.8, 4) is 11.1 Å². The predicted octanol–water partition coefficient (Wildman–Crippen LogP) is 4.40. The van der Waals surface area contributed by atoms with Crippen molar-refractivity contribution in [2.45, 2.75) is 20.0 Å². The van der Waals surface area contributed by atoms with Crippen molar-refractivity contribution in [3.63, 3.8) is 0 Å². The van der Waals surface area contributed by atoms with Crippen LogP contribution in [0.3, 0.4) is 0 Å². The molecule has 0 saturated heterocycles. The summed E-state index contributed by atoms with van der Waals surface area (Å²) in [5.74, 6) is 0.0935. The summed E-state index contributed by atoms with van der Waals surface area (Å²) in [6, 6.07) is 18.7. The van der Waals surface area contributed by atoms with Gasteiger partial charge in [-0.25, -0.2) is 9.78 Å². The Hall–Kier alpha value is -3.33. The molecule has 0 aliphatic rings. The quantitative estimate of drug-likeness (QED) is 0.284. The van der Waals surface area contributed by atoms with Gasteiger partial charge in [0.2, 0.25) is 0 Å². The number of fused-ring (bicyclic) bond motifs is 1. The molecule has 4 aromatic rings. The first-order valence-electron chi connectivity index (χ1n) is 11.0. The molecule has 0 amide bonds. The van der Waals surface area contributed by atoms with Gasteiger partial charge in [0.1, 0.15) is 22.1 Å². The lowest BCUT2D eigenvalue weighted by molar-refractivity contribution is 0.0393. The van der Waals surface area contributed by atoms with Crippen LogP contribution in [0.25, 0.3) is 21.3 Å². The standard InChI is InChI=1S/C26H27N3O4S/c1-17-22-24(30)27-21(28-25(22)34-23(17)26(31)33-14-13-32-3)16-29(2)15-18-9-11-20(12-10-18)19-7-5-4-6-8-19/h4-12H,13-16H2,1-3H3,(H,27,28,30). The summed E-state index contributed by atoms with van der Waals surface area (Å²) in [5, 5.41) is 0.437. The third kappa shape index (κ3) is 5.41. The third-order valence-corrected chi connectivity index (χ3v) is 6.65. The number of rotatable bonds is 9. The van der Waals surface area contributed by atoms with Gasteiger partial charge >= 0.3 is 5.97 Å². The van der Waals surface area contributed by atoms with Crippen molar-refractivity contribution in [2.24, 2.45) is 0 Å². The highest BCUT2D eigenvalue weighted by molar-refractivity contribution is 7.20. The van der Waals surface area contributed by atoms with Gasteiger partial charge in [-0.15, -0.1) is 11.3 Å². The first kappa shape index (κ1) is 23.8. The fourth-order valence-corrected chi connectivity index (χ4v) is 4.89. The largest absolute Gasteiger partial charge is 0.459 e. The van der Waals surface area contributed by atoms with Crippen LogP contribution >= 0.6 is 11.3 Å². The number of aromatic nitrogens is 2. The monoisotopic (exact) mass is 477 g/mol. The molecule has 1 N–H and O–H groups in total. The number of aromatic amines is 1. The number of carbonyl (C=O) groups excluding carboxylic acids is 1. The molecule has 0 unspecified atom stereocenters. The van der Waals surface area contributed by atoms with Crippen LogP contribution < -0.4 is 5.56 Å². The Labute approximate surface area is 202 Å². The first-order chi connectivity index (χ1) is 16.5. The lowest BCUT2D eigenvalue weighted by Gasteiger charge is -2.16. The van der Waals surface area contributed by atoms with Crippen LogP contribution in [0.2, 0.25) is 0 Å². The highest BCUT2D eigenvalue weighted by atomic mass is 32.1. The summed E-state index contributed by atoms with van der Waals surface area (Å²) >= 11 is 1.18. The summed E-state index contributed by atoms with van der Waals surface area (Å²) in [6.07, 6.45) is 0. The molecular weight excluding hydrogens is 450 g/mol. The first-order valence-corrected chi connectivity index (χ1v) is 11.8. The molecular formula is C26H27N3O4S. The third-order valence-electron chi connectivity index (χ3n) is 5.49. The molecule has 0 radical (unpaired) electrons. The minimum Gasteiger partial charge on any atom is -0.459 e. The van der Waals surface area contributed by atoms with Gasteiger partial charge in [0.05, 0.1) is 18.5 Å². The van der Waals surface area contributed by atoms with Crippen LogP contribution in [0.1, 0.15) is 26.6 Å². The van der Waals surface area contributed by atoms with Gasteiger partial charge in [-0.1, -0.05) is 54.6 Å². The highest BCUT2D eigenvalue weighted by Crippen LogP contribution is 2.28. The number of hydrogen-bond acceptors (Lipinski definition) is 7. The van der Waals surface area contributed by atoms with Crippen LogP contribution in [-0.2, 0) is 22.6 Å². The van der Waals surface area contributed by atoms with E-state index in [1.165, 1.54) is 28.0 Å². The molecule has 0 atom stereocenters. The lowest BCUT2D eigenvalue weighted by atomic mass is 10.0. The van der Waals surface area contributed by atoms with Crippen molar-refractivity contribution in [1.29, 1.82) is 0 Å². The molecule has 0 saturated carbocycles. The molecule has 176 valence electrons. The zero-order chi connectivity index (χ0) is 24.1. The van der Waals surface area contributed by atoms with E-state index in [1.807, 2.05) is 25.2 Å². The SMILES string of the molecule is COCCOC(=O)c1sc2nc(CN(C)Cc3ccc(-c4ccccc4)cc3)[nH]c(=O)c2c1C. The molecule has 0 spiro atoms. The molecule has 2 aromatic carbocycles. The van der Waals surface area contributed by atoms with Crippen molar-refractivity contribution in [2.75, 3.05) is 27.4 Å². The summed E-state index contributed by atoms with van der Waals surface area (Å²) in [4.78, 5) is 35.6. The molecule has 0 bridgehead atoms. The van der Waals surface area contributed by atoms with E-state index in [1.54, 1.807) is 14.0 Å². The number of esters is 1. The number of ether oxygens (including phenoxy) is 2. The Morgan fingerprint density at radius 3 is 2.44 bits per heavy atom. The van der Waals surface area contributed by atoms with Crippen LogP contribution in [0, 0.1) is 6.92 Å². The number of H-pyrrole nitrogens is 1. The van der Waals surface area contributed by atoms with Gasteiger partial charge in [-0.05, 0) is 36.2 Å². The van der Waals surface area contributed by atoms with Crippen LogP contribution in [0.4, 0.5) is 0 Å². The maximum Gasteiger partial charge on any atom is 0.348 e. The lowest BCUT2D eigenvalue weighted by Crippen LogP contribution is -2.21. The topological polar surface area (TPSA) is 84.5 Å². The fraction of sp³-hybridized carbons (Fsp3) is 0.269. The average molecular weight is 478 g/mol. The Morgan fingerprint density at radius 2 is 1.74 bits per heavy atom. The normalized spacial score (nSPS) is 11.3. The maximum atomic E-state index is 12.7. The number of aryl methyl sites for hydroxylation is 1. The Morgan fingerprint density at radius 1 is 1.03 bits per heavy atom. The zero-order valence-corrected chi connectivity index (χ0v) is 20.3. The van der Waals surface area contributed by atoms with E-state index >= 15 is 0 Å². The van der Waals surface area contributed by atoms with Gasteiger partial charge in [0.25, 0.3) is 5.56 Å². The number of thiophene rings is 1. The second-order valence-electron chi connectivity index (χ2n) is 8.11. The molecule has 0 aliphatic heterocycles. The van der Waals surface area contributed by atoms with Crippen LogP contribution in [0.5, 0.6) is 0 Å². The van der Waals surface area contributed by atoms with E-state index < -0.39 is 5.97 Å². The Bertz CT molecular complexity index is 1330. The van der Waals surface area contributed by atoms with E-state index in [0.717, 1.165) is 0 Å². The van der Waals surface area contributed by atoms with Gasteiger partial charge in [-0.2, -0.15) is 0 Å². The average Bonchev–Trinajstić information content (AvgIpc) is 3.17. The maximum absolute atomic E-state index is 12.7. The van der Waals surface area contributed by atoms with E-state index in [2.05, 4.69) is 51.3 Å². The summed E-state index contributed by atoms with van der Waals surface area (Å²) in [6.45, 7) is 3.40.